The van der Waals surface area contributed by atoms with Gasteiger partial charge in [0.1, 0.15) is 5.54 Å². The maximum absolute atomic E-state index is 11.0. The van der Waals surface area contributed by atoms with E-state index in [0.717, 1.165) is 16.8 Å². The molecule has 106 valence electrons. The van der Waals surface area contributed by atoms with Crippen LogP contribution in [0.1, 0.15) is 24.6 Å². The Morgan fingerprint density at radius 1 is 1.52 bits per heavy atom. The summed E-state index contributed by atoms with van der Waals surface area (Å²) in [6.07, 6.45) is 5.00. The first kappa shape index (κ1) is 13.5. The van der Waals surface area contributed by atoms with Crippen LogP contribution in [0.3, 0.4) is 0 Å². The van der Waals surface area contributed by atoms with Gasteiger partial charge in [-0.3, -0.25) is 0 Å². The maximum Gasteiger partial charge on any atom is 0.235 e. The molecule has 5 heteroatoms. The Kier molecular flexibility index (Phi) is 3.12. The van der Waals surface area contributed by atoms with E-state index in [1.54, 1.807) is 19.3 Å². The Bertz CT molecular complexity index is 713. The second-order valence-corrected chi connectivity index (χ2v) is 5.64. The third-order valence-corrected chi connectivity index (χ3v) is 4.43. The Hall–Kier alpha value is -2.44. The van der Waals surface area contributed by atoms with Crippen LogP contribution in [0.4, 0.5) is 0 Å². The number of ether oxygens (including phenoxy) is 1. The van der Waals surface area contributed by atoms with Gasteiger partial charge in [-0.05, 0) is 25.8 Å². The van der Waals surface area contributed by atoms with Crippen LogP contribution in [0.2, 0.25) is 0 Å². The van der Waals surface area contributed by atoms with E-state index >= 15 is 0 Å². The average molecular weight is 281 g/mol. The van der Waals surface area contributed by atoms with Crippen LogP contribution < -0.4 is 4.74 Å². The van der Waals surface area contributed by atoms with Gasteiger partial charge < -0.3 is 4.74 Å². The molecule has 1 heterocycles. The number of pyridine rings is 1. The minimum atomic E-state index is -0.854. The number of methoxy groups -OCH3 is 1. The van der Waals surface area contributed by atoms with E-state index in [1.165, 1.54) is 0 Å². The molecule has 0 radical (unpaired) electrons. The van der Waals surface area contributed by atoms with Crippen molar-refractivity contribution >= 4 is 6.08 Å². The summed E-state index contributed by atoms with van der Waals surface area (Å²) in [7, 11) is 1.57. The summed E-state index contributed by atoms with van der Waals surface area (Å²) < 4.78 is 5.17. The molecular weight excluding hydrogens is 266 g/mol. The van der Waals surface area contributed by atoms with Crippen molar-refractivity contribution in [3.8, 4) is 11.9 Å². The zero-order valence-electron chi connectivity index (χ0n) is 12.0. The van der Waals surface area contributed by atoms with Crippen molar-refractivity contribution in [1.82, 2.24) is 4.98 Å². The second kappa shape index (κ2) is 4.83. The number of nitrogens with zero attached hydrogens (tertiary/aromatic N) is 3. The van der Waals surface area contributed by atoms with Gasteiger partial charge in [-0.2, -0.15) is 10.3 Å². The van der Waals surface area contributed by atoms with E-state index in [1.807, 2.05) is 13.0 Å². The largest absolute Gasteiger partial charge is 0.481 e. The lowest BCUT2D eigenvalue weighted by Crippen LogP contribution is -2.45. The molecule has 0 saturated heterocycles. The summed E-state index contributed by atoms with van der Waals surface area (Å²) in [4.78, 5) is 19.6. The molecule has 3 atom stereocenters. The predicted molar refractivity (Wildman–Crippen MR) is 75.3 cm³/mol. The first-order chi connectivity index (χ1) is 10.1. The van der Waals surface area contributed by atoms with Crippen LogP contribution >= 0.6 is 0 Å². The number of rotatable bonds is 2. The molecule has 0 saturated carbocycles. The summed E-state index contributed by atoms with van der Waals surface area (Å²) in [5.41, 5.74) is 2.00. The monoisotopic (exact) mass is 281 g/mol. The average Bonchev–Trinajstić information content (AvgIpc) is 2.46. The van der Waals surface area contributed by atoms with Crippen LogP contribution in [-0.2, 0) is 16.8 Å². The van der Waals surface area contributed by atoms with E-state index in [0.29, 0.717) is 18.7 Å². The van der Waals surface area contributed by atoms with Gasteiger partial charge in [-0.1, -0.05) is 11.6 Å². The molecule has 0 spiro atoms. The molecule has 1 aromatic rings. The standard InChI is InChI=1S/C16H15N3O2/c1-10-5-11-6-14-12(3-4-15(19-14)21-2)16(7-10,18-9-20)13(11)8-17/h3-5,11,13H,6-7H2,1-2H3/t11-,13-,16-/m1/s1. The summed E-state index contributed by atoms with van der Waals surface area (Å²) in [5, 5.41) is 9.59. The Balaban J connectivity index is 2.27. The summed E-state index contributed by atoms with van der Waals surface area (Å²) >= 11 is 0. The van der Waals surface area contributed by atoms with Crippen molar-refractivity contribution in [3.63, 3.8) is 0 Å². The predicted octanol–water partition coefficient (Wildman–Crippen LogP) is 2.28. The fourth-order valence-corrected chi connectivity index (χ4v) is 3.67. The van der Waals surface area contributed by atoms with Gasteiger partial charge in [0.25, 0.3) is 0 Å². The number of hydrogen-bond donors (Lipinski definition) is 0. The zero-order valence-corrected chi connectivity index (χ0v) is 12.0. The van der Waals surface area contributed by atoms with Crippen LogP contribution in [0.25, 0.3) is 0 Å². The van der Waals surface area contributed by atoms with Crippen molar-refractivity contribution < 1.29 is 9.53 Å². The third kappa shape index (κ3) is 1.88. The molecule has 2 bridgehead atoms. The molecule has 0 aliphatic heterocycles. The molecule has 0 aromatic carbocycles. The van der Waals surface area contributed by atoms with Crippen molar-refractivity contribution in [2.24, 2.45) is 16.8 Å². The van der Waals surface area contributed by atoms with E-state index in [-0.39, 0.29) is 11.8 Å². The highest BCUT2D eigenvalue weighted by Gasteiger charge is 2.52. The topological polar surface area (TPSA) is 75.3 Å². The molecular formula is C16H15N3O2. The minimum absolute atomic E-state index is 0.0213. The van der Waals surface area contributed by atoms with Crippen LogP contribution in [0.5, 0.6) is 5.88 Å². The molecule has 3 rings (SSSR count). The van der Waals surface area contributed by atoms with Gasteiger partial charge in [-0.15, -0.1) is 0 Å². The SMILES string of the molecule is COc1ccc2c(n1)C[C@H]1C=C(C)C[C@]2(N=C=O)[C@@H]1C#N. The minimum Gasteiger partial charge on any atom is -0.481 e. The highest BCUT2D eigenvalue weighted by molar-refractivity contribution is 5.47. The third-order valence-electron chi connectivity index (χ3n) is 4.43. The summed E-state index contributed by atoms with van der Waals surface area (Å²) in [6, 6.07) is 5.97. The Labute approximate surface area is 123 Å². The fourth-order valence-electron chi connectivity index (χ4n) is 3.67. The number of hydrogen-bond acceptors (Lipinski definition) is 5. The number of fused-ring (bicyclic) bond motifs is 4. The maximum atomic E-state index is 11.0. The smallest absolute Gasteiger partial charge is 0.235 e. The summed E-state index contributed by atoms with van der Waals surface area (Å²) in [5.74, 6) is 0.200. The molecule has 0 fully saturated rings. The lowest BCUT2D eigenvalue weighted by atomic mass is 9.60. The normalized spacial score (nSPS) is 29.5. The molecule has 21 heavy (non-hydrogen) atoms. The lowest BCUT2D eigenvalue weighted by Gasteiger charge is -2.44. The lowest BCUT2D eigenvalue weighted by molar-refractivity contribution is 0.227. The highest BCUT2D eigenvalue weighted by atomic mass is 16.5. The van der Waals surface area contributed by atoms with Crippen molar-refractivity contribution in [1.29, 1.82) is 5.26 Å². The van der Waals surface area contributed by atoms with Crippen LogP contribution in [-0.4, -0.2) is 18.2 Å². The van der Waals surface area contributed by atoms with Crippen LogP contribution in [0.15, 0.2) is 28.8 Å². The van der Waals surface area contributed by atoms with Gasteiger partial charge >= 0.3 is 0 Å². The van der Waals surface area contributed by atoms with Crippen molar-refractivity contribution in [2.45, 2.75) is 25.3 Å². The van der Waals surface area contributed by atoms with Crippen molar-refractivity contribution in [3.05, 3.63) is 35.0 Å². The van der Waals surface area contributed by atoms with Gasteiger partial charge in [0, 0.05) is 17.5 Å². The number of allylic oxidation sites excluding steroid dienone is 1. The number of carbonyl (C=O) groups excluding carboxylic acids is 1. The van der Waals surface area contributed by atoms with Crippen LogP contribution in [0, 0.1) is 23.2 Å². The van der Waals surface area contributed by atoms with E-state index in [4.69, 9.17) is 4.74 Å². The fraction of sp³-hybridized carbons (Fsp3) is 0.438. The van der Waals surface area contributed by atoms with Gasteiger partial charge in [0.15, 0.2) is 0 Å². The molecule has 0 amide bonds. The number of nitriles is 1. The quantitative estimate of drug-likeness (QED) is 0.473. The molecule has 0 N–H and O–H groups in total. The van der Waals surface area contributed by atoms with E-state index in [2.05, 4.69) is 22.1 Å². The number of aliphatic imine (C=N–C) groups is 1. The number of isocyanates is 1. The van der Waals surface area contributed by atoms with Gasteiger partial charge in [0.2, 0.25) is 12.0 Å². The first-order valence-electron chi connectivity index (χ1n) is 6.85. The summed E-state index contributed by atoms with van der Waals surface area (Å²) in [6.45, 7) is 2.01. The Morgan fingerprint density at radius 2 is 2.33 bits per heavy atom. The van der Waals surface area contributed by atoms with Crippen molar-refractivity contribution in [2.75, 3.05) is 7.11 Å². The first-order valence-corrected chi connectivity index (χ1v) is 6.85. The molecule has 2 aliphatic carbocycles. The zero-order chi connectivity index (χ0) is 15.0. The van der Waals surface area contributed by atoms with E-state index in [9.17, 15) is 10.1 Å². The number of aromatic nitrogens is 1. The second-order valence-electron chi connectivity index (χ2n) is 5.64. The highest BCUT2D eigenvalue weighted by Crippen LogP contribution is 2.52. The van der Waals surface area contributed by atoms with E-state index < -0.39 is 5.54 Å². The van der Waals surface area contributed by atoms with Gasteiger partial charge in [-0.25, -0.2) is 9.78 Å². The Morgan fingerprint density at radius 3 is 3.00 bits per heavy atom. The molecule has 1 aromatic heterocycles. The molecule has 5 nitrogen and oxygen atoms in total. The molecule has 2 aliphatic rings. The molecule has 0 unspecified atom stereocenters. The van der Waals surface area contributed by atoms with Gasteiger partial charge in [0.05, 0.1) is 24.8 Å².